The highest BCUT2D eigenvalue weighted by Crippen LogP contribution is 2.24. The van der Waals surface area contributed by atoms with Crippen LogP contribution in [0.5, 0.6) is 11.5 Å². The molecule has 0 spiro atoms. The molecular formula is C17H16F3NO3. The molecule has 128 valence electrons. The first-order chi connectivity index (χ1) is 11.3. The molecular weight excluding hydrogens is 323 g/mol. The van der Waals surface area contributed by atoms with E-state index in [1.807, 2.05) is 0 Å². The molecule has 0 fully saturated rings. The molecule has 1 amide bonds. The highest BCUT2D eigenvalue weighted by Gasteiger charge is 2.31. The number of alkyl halides is 3. The van der Waals surface area contributed by atoms with E-state index in [4.69, 9.17) is 4.74 Å². The molecule has 0 unspecified atom stereocenters. The van der Waals surface area contributed by atoms with Crippen LogP contribution in [0.4, 0.5) is 13.2 Å². The van der Waals surface area contributed by atoms with Crippen LogP contribution in [0.1, 0.15) is 15.9 Å². The number of hydrogen-bond acceptors (Lipinski definition) is 3. The van der Waals surface area contributed by atoms with Gasteiger partial charge in [-0.3, -0.25) is 4.79 Å². The second kappa shape index (κ2) is 7.25. The van der Waals surface area contributed by atoms with Crippen LogP contribution in [0.15, 0.2) is 48.5 Å². The van der Waals surface area contributed by atoms with Gasteiger partial charge in [-0.2, -0.15) is 0 Å². The lowest BCUT2D eigenvalue weighted by Gasteiger charge is -2.19. The minimum Gasteiger partial charge on any atom is -0.496 e. The van der Waals surface area contributed by atoms with Gasteiger partial charge in [0.25, 0.3) is 5.91 Å². The molecule has 0 atom stereocenters. The molecule has 7 heteroatoms. The largest absolute Gasteiger partial charge is 0.573 e. The summed E-state index contributed by atoms with van der Waals surface area (Å²) in [7, 11) is 3.08. The summed E-state index contributed by atoms with van der Waals surface area (Å²) in [5, 5.41) is 0. The molecule has 0 N–H and O–H groups in total. The molecule has 24 heavy (non-hydrogen) atoms. The lowest BCUT2D eigenvalue weighted by atomic mass is 10.1. The smallest absolute Gasteiger partial charge is 0.496 e. The average Bonchev–Trinajstić information content (AvgIpc) is 2.54. The van der Waals surface area contributed by atoms with Crippen LogP contribution in [-0.2, 0) is 6.54 Å². The lowest BCUT2D eigenvalue weighted by molar-refractivity contribution is -0.274. The first-order valence-electron chi connectivity index (χ1n) is 7.03. The number of halogens is 3. The maximum Gasteiger partial charge on any atom is 0.573 e. The quantitative estimate of drug-likeness (QED) is 0.830. The van der Waals surface area contributed by atoms with Crippen molar-refractivity contribution in [3.05, 3.63) is 59.7 Å². The van der Waals surface area contributed by atoms with E-state index >= 15 is 0 Å². The molecule has 0 bridgehead atoms. The van der Waals surface area contributed by atoms with Gasteiger partial charge in [0.15, 0.2) is 0 Å². The topological polar surface area (TPSA) is 38.8 Å². The van der Waals surface area contributed by atoms with E-state index in [0.29, 0.717) is 16.9 Å². The minimum absolute atomic E-state index is 0.239. The van der Waals surface area contributed by atoms with Crippen LogP contribution in [0.3, 0.4) is 0 Å². The van der Waals surface area contributed by atoms with Crippen molar-refractivity contribution < 1.29 is 27.4 Å². The molecule has 0 aliphatic heterocycles. The van der Waals surface area contributed by atoms with E-state index in [9.17, 15) is 18.0 Å². The van der Waals surface area contributed by atoms with Gasteiger partial charge >= 0.3 is 6.36 Å². The molecule has 0 aromatic heterocycles. The summed E-state index contributed by atoms with van der Waals surface area (Å²) in [6.45, 7) is 0.239. The van der Waals surface area contributed by atoms with Gasteiger partial charge in [0.2, 0.25) is 0 Å². The number of ether oxygens (including phenoxy) is 2. The Hall–Kier alpha value is -2.70. The summed E-state index contributed by atoms with van der Waals surface area (Å²) in [5.74, 6) is -0.0868. The van der Waals surface area contributed by atoms with E-state index in [-0.39, 0.29) is 18.2 Å². The van der Waals surface area contributed by atoms with Gasteiger partial charge in [0, 0.05) is 13.6 Å². The Morgan fingerprint density at radius 3 is 2.29 bits per heavy atom. The Balaban J connectivity index is 2.06. The predicted molar refractivity (Wildman–Crippen MR) is 81.9 cm³/mol. The Morgan fingerprint density at radius 2 is 1.71 bits per heavy atom. The van der Waals surface area contributed by atoms with Crippen LogP contribution < -0.4 is 9.47 Å². The summed E-state index contributed by atoms with van der Waals surface area (Å²) in [6, 6.07) is 12.2. The van der Waals surface area contributed by atoms with Gasteiger partial charge in [0.05, 0.1) is 12.7 Å². The molecule has 2 aromatic carbocycles. The SMILES string of the molecule is COc1ccccc1C(=O)N(C)Cc1ccc(OC(F)(F)F)cc1. The minimum atomic E-state index is -4.72. The second-order valence-corrected chi connectivity index (χ2v) is 5.05. The summed E-state index contributed by atoms with van der Waals surface area (Å²) in [6.07, 6.45) is -4.72. The summed E-state index contributed by atoms with van der Waals surface area (Å²) in [5.41, 5.74) is 1.09. The molecule has 0 aliphatic carbocycles. The third-order valence-electron chi connectivity index (χ3n) is 3.26. The highest BCUT2D eigenvalue weighted by molar-refractivity contribution is 5.96. The second-order valence-electron chi connectivity index (χ2n) is 5.05. The van der Waals surface area contributed by atoms with Gasteiger partial charge in [-0.15, -0.1) is 13.2 Å². The van der Waals surface area contributed by atoms with Crippen molar-refractivity contribution in [2.24, 2.45) is 0 Å². The Morgan fingerprint density at radius 1 is 1.08 bits per heavy atom. The third kappa shape index (κ3) is 4.65. The van der Waals surface area contributed by atoms with Crippen molar-refractivity contribution in [1.82, 2.24) is 4.90 Å². The van der Waals surface area contributed by atoms with E-state index in [2.05, 4.69) is 4.74 Å². The maximum absolute atomic E-state index is 12.5. The van der Waals surface area contributed by atoms with Crippen molar-refractivity contribution in [2.75, 3.05) is 14.2 Å². The third-order valence-corrected chi connectivity index (χ3v) is 3.26. The van der Waals surface area contributed by atoms with E-state index in [1.54, 1.807) is 31.3 Å². The fourth-order valence-electron chi connectivity index (χ4n) is 2.17. The molecule has 2 rings (SSSR count). The number of carbonyl (C=O) groups is 1. The Bertz CT molecular complexity index is 699. The Kier molecular flexibility index (Phi) is 5.33. The van der Waals surface area contributed by atoms with Crippen molar-refractivity contribution >= 4 is 5.91 Å². The number of hydrogen-bond donors (Lipinski definition) is 0. The predicted octanol–water partition coefficient (Wildman–Crippen LogP) is 3.87. The van der Waals surface area contributed by atoms with Gasteiger partial charge in [0.1, 0.15) is 11.5 Å². The molecule has 4 nitrogen and oxygen atoms in total. The zero-order valence-corrected chi connectivity index (χ0v) is 13.1. The molecule has 0 aliphatic rings. The number of carbonyl (C=O) groups excluding carboxylic acids is 1. The molecule has 0 heterocycles. The van der Waals surface area contributed by atoms with Crippen molar-refractivity contribution in [2.45, 2.75) is 12.9 Å². The molecule has 2 aromatic rings. The summed E-state index contributed by atoms with van der Waals surface area (Å²) >= 11 is 0. The molecule has 0 saturated heterocycles. The first kappa shape index (κ1) is 17.7. The molecule has 0 saturated carbocycles. The van der Waals surface area contributed by atoms with Crippen LogP contribution >= 0.6 is 0 Å². The highest BCUT2D eigenvalue weighted by atomic mass is 19.4. The Labute approximate surface area is 137 Å². The van der Waals surface area contributed by atoms with Gasteiger partial charge < -0.3 is 14.4 Å². The van der Waals surface area contributed by atoms with Crippen molar-refractivity contribution in [3.63, 3.8) is 0 Å². The van der Waals surface area contributed by atoms with Crippen LogP contribution in [0.25, 0.3) is 0 Å². The van der Waals surface area contributed by atoms with E-state index < -0.39 is 6.36 Å². The zero-order valence-electron chi connectivity index (χ0n) is 13.1. The number of nitrogens with zero attached hydrogens (tertiary/aromatic N) is 1. The zero-order chi connectivity index (χ0) is 17.7. The summed E-state index contributed by atoms with van der Waals surface area (Å²) in [4.78, 5) is 13.9. The monoisotopic (exact) mass is 339 g/mol. The van der Waals surface area contributed by atoms with Gasteiger partial charge in [-0.05, 0) is 29.8 Å². The normalized spacial score (nSPS) is 11.0. The van der Waals surface area contributed by atoms with Gasteiger partial charge in [-0.1, -0.05) is 24.3 Å². The first-order valence-corrected chi connectivity index (χ1v) is 7.03. The average molecular weight is 339 g/mol. The number of benzene rings is 2. The standard InChI is InChI=1S/C17H16F3NO3/c1-21(16(22)14-5-3-4-6-15(14)23-2)11-12-7-9-13(10-8-12)24-17(18,19)20/h3-10H,11H2,1-2H3. The van der Waals surface area contributed by atoms with E-state index in [1.165, 1.54) is 36.3 Å². The van der Waals surface area contributed by atoms with Crippen molar-refractivity contribution in [1.29, 1.82) is 0 Å². The fraction of sp³-hybridized carbons (Fsp3) is 0.235. The maximum atomic E-state index is 12.5. The summed E-state index contributed by atoms with van der Waals surface area (Å²) < 4.78 is 45.4. The van der Waals surface area contributed by atoms with Crippen LogP contribution in [-0.4, -0.2) is 31.3 Å². The number of rotatable bonds is 5. The number of methoxy groups -OCH3 is 1. The van der Waals surface area contributed by atoms with Crippen LogP contribution in [0, 0.1) is 0 Å². The van der Waals surface area contributed by atoms with E-state index in [0.717, 1.165) is 0 Å². The number of amides is 1. The van der Waals surface area contributed by atoms with Crippen molar-refractivity contribution in [3.8, 4) is 11.5 Å². The van der Waals surface area contributed by atoms with Gasteiger partial charge in [-0.25, -0.2) is 0 Å². The van der Waals surface area contributed by atoms with Crippen LogP contribution in [0.2, 0.25) is 0 Å². The number of para-hydroxylation sites is 1. The molecule has 0 radical (unpaired) electrons. The fourth-order valence-corrected chi connectivity index (χ4v) is 2.17. The lowest BCUT2D eigenvalue weighted by Crippen LogP contribution is -2.26.